The number of hydrogen-bond donors (Lipinski definition) is 0. The van der Waals surface area contributed by atoms with E-state index in [1.165, 1.54) is 25.6 Å². The summed E-state index contributed by atoms with van der Waals surface area (Å²) in [5, 5.41) is 12.7. The minimum atomic E-state index is 0.250. The van der Waals surface area contributed by atoms with Crippen molar-refractivity contribution >= 4 is 46.2 Å². The summed E-state index contributed by atoms with van der Waals surface area (Å²) in [5.74, 6) is 0.706. The maximum absolute atomic E-state index is 9.64. The lowest BCUT2D eigenvalue weighted by molar-refractivity contribution is 0.394. The minimum Gasteiger partial charge on any atom is -0.494 e. The van der Waals surface area contributed by atoms with E-state index >= 15 is 0 Å². The summed E-state index contributed by atoms with van der Waals surface area (Å²) in [7, 11) is 2.97. The zero-order chi connectivity index (χ0) is 19.4. The van der Waals surface area contributed by atoms with E-state index in [9.17, 15) is 5.26 Å². The molecule has 2 aromatic carbocycles. The third-order valence-electron chi connectivity index (χ3n) is 3.79. The number of nitrogens with zero attached hydrogens (tertiary/aromatic N) is 2. The van der Waals surface area contributed by atoms with Crippen molar-refractivity contribution in [1.29, 1.82) is 5.26 Å². The second-order valence-corrected chi connectivity index (χ2v) is 7.05. The van der Waals surface area contributed by atoms with E-state index in [2.05, 4.69) is 11.1 Å². The summed E-state index contributed by atoms with van der Waals surface area (Å²) in [6.45, 7) is 0. The summed E-state index contributed by atoms with van der Waals surface area (Å²) in [6, 6.07) is 13.6. The molecule has 0 spiro atoms. The van der Waals surface area contributed by atoms with E-state index in [4.69, 9.17) is 32.7 Å². The second kappa shape index (κ2) is 8.45. The molecule has 0 aliphatic rings. The number of allylic oxidation sites excluding steroid dienone is 1. The monoisotopic (exact) mass is 416 g/mol. The van der Waals surface area contributed by atoms with Crippen molar-refractivity contribution in [1.82, 2.24) is 4.98 Å². The van der Waals surface area contributed by atoms with Gasteiger partial charge < -0.3 is 9.47 Å². The Balaban J connectivity index is 2.06. The van der Waals surface area contributed by atoms with Gasteiger partial charge in [-0.15, -0.1) is 11.3 Å². The van der Waals surface area contributed by atoms with Crippen LogP contribution in [0.1, 0.15) is 10.6 Å². The average Bonchev–Trinajstić information content (AvgIpc) is 3.17. The first-order valence-electron chi connectivity index (χ1n) is 7.82. The van der Waals surface area contributed by atoms with E-state index in [-0.39, 0.29) is 5.02 Å². The number of ether oxygens (including phenoxy) is 2. The summed E-state index contributed by atoms with van der Waals surface area (Å²) in [5.41, 5.74) is 2.76. The molecular formula is C20H14Cl2N2O2S. The number of rotatable bonds is 5. The third kappa shape index (κ3) is 3.93. The summed E-state index contributed by atoms with van der Waals surface area (Å²) >= 11 is 13.9. The lowest BCUT2D eigenvalue weighted by Gasteiger charge is -2.13. The Morgan fingerprint density at radius 3 is 2.48 bits per heavy atom. The maximum Gasteiger partial charge on any atom is 0.159 e. The zero-order valence-electron chi connectivity index (χ0n) is 14.5. The van der Waals surface area contributed by atoms with Crippen LogP contribution in [-0.2, 0) is 0 Å². The summed E-state index contributed by atoms with van der Waals surface area (Å²) in [6.07, 6.45) is 1.66. The van der Waals surface area contributed by atoms with Crippen LogP contribution in [0.5, 0.6) is 11.5 Å². The molecule has 1 heterocycles. The first kappa shape index (κ1) is 19.2. The fourth-order valence-corrected chi connectivity index (χ4v) is 4.04. The highest BCUT2D eigenvalue weighted by atomic mass is 35.5. The van der Waals surface area contributed by atoms with Crippen LogP contribution in [-0.4, -0.2) is 19.2 Å². The van der Waals surface area contributed by atoms with Crippen molar-refractivity contribution in [2.24, 2.45) is 0 Å². The SMILES string of the molecule is COc1c(Cl)cc(/C=C(/C#N)c2nc(-c3ccccc3)cs2)c(OC)c1Cl. The van der Waals surface area contributed by atoms with E-state index in [1.54, 1.807) is 12.1 Å². The molecule has 3 rings (SSSR count). The van der Waals surface area contributed by atoms with E-state index in [0.29, 0.717) is 32.7 Å². The van der Waals surface area contributed by atoms with Gasteiger partial charge >= 0.3 is 0 Å². The predicted molar refractivity (Wildman–Crippen MR) is 111 cm³/mol. The Hall–Kier alpha value is -2.52. The van der Waals surface area contributed by atoms with Crippen molar-refractivity contribution in [3.05, 3.63) is 62.4 Å². The molecule has 0 saturated heterocycles. The average molecular weight is 417 g/mol. The maximum atomic E-state index is 9.64. The molecule has 0 aliphatic heterocycles. The van der Waals surface area contributed by atoms with Crippen LogP contribution in [0.15, 0.2) is 41.8 Å². The van der Waals surface area contributed by atoms with E-state index in [0.717, 1.165) is 11.3 Å². The van der Waals surface area contributed by atoms with Crippen molar-refractivity contribution in [3.63, 3.8) is 0 Å². The Labute approximate surface area is 171 Å². The number of hydrogen-bond acceptors (Lipinski definition) is 5. The predicted octanol–water partition coefficient (Wildman–Crippen LogP) is 6.20. The fourth-order valence-electron chi connectivity index (χ4n) is 2.54. The first-order chi connectivity index (χ1) is 13.1. The van der Waals surface area contributed by atoms with Crippen LogP contribution in [0.2, 0.25) is 10.0 Å². The van der Waals surface area contributed by atoms with Crippen molar-refractivity contribution in [2.45, 2.75) is 0 Å². The van der Waals surface area contributed by atoms with Gasteiger partial charge in [0.1, 0.15) is 21.8 Å². The highest BCUT2D eigenvalue weighted by molar-refractivity contribution is 7.11. The smallest absolute Gasteiger partial charge is 0.159 e. The fraction of sp³-hybridized carbons (Fsp3) is 0.100. The highest BCUT2D eigenvalue weighted by Gasteiger charge is 2.18. The van der Waals surface area contributed by atoms with Gasteiger partial charge in [0.25, 0.3) is 0 Å². The number of benzene rings is 2. The van der Waals surface area contributed by atoms with Crippen LogP contribution >= 0.6 is 34.5 Å². The van der Waals surface area contributed by atoms with Gasteiger partial charge in [-0.25, -0.2) is 4.98 Å². The normalized spacial score (nSPS) is 11.1. The molecule has 0 amide bonds. The molecule has 0 radical (unpaired) electrons. The number of methoxy groups -OCH3 is 2. The molecule has 0 fully saturated rings. The molecule has 0 saturated carbocycles. The molecular weight excluding hydrogens is 403 g/mol. The lowest BCUT2D eigenvalue weighted by atomic mass is 10.1. The zero-order valence-corrected chi connectivity index (χ0v) is 16.8. The van der Waals surface area contributed by atoms with Crippen molar-refractivity contribution in [2.75, 3.05) is 14.2 Å². The topological polar surface area (TPSA) is 55.1 Å². The molecule has 0 bridgehead atoms. The van der Waals surface area contributed by atoms with E-state index < -0.39 is 0 Å². The molecule has 0 N–H and O–H groups in total. The van der Waals surface area contributed by atoms with Crippen LogP contribution in [0, 0.1) is 11.3 Å². The summed E-state index contributed by atoms with van der Waals surface area (Å²) in [4.78, 5) is 4.58. The molecule has 136 valence electrons. The Morgan fingerprint density at radius 2 is 1.85 bits per heavy atom. The van der Waals surface area contributed by atoms with Gasteiger partial charge in [0.15, 0.2) is 5.75 Å². The largest absolute Gasteiger partial charge is 0.494 e. The lowest BCUT2D eigenvalue weighted by Crippen LogP contribution is -1.94. The van der Waals surface area contributed by atoms with Gasteiger partial charge in [0, 0.05) is 16.5 Å². The van der Waals surface area contributed by atoms with Gasteiger partial charge in [-0.3, -0.25) is 0 Å². The molecule has 0 atom stereocenters. The van der Waals surface area contributed by atoms with Gasteiger partial charge in [0.05, 0.1) is 30.5 Å². The minimum absolute atomic E-state index is 0.250. The molecule has 1 aromatic heterocycles. The number of nitriles is 1. The van der Waals surface area contributed by atoms with Gasteiger partial charge in [-0.1, -0.05) is 53.5 Å². The Bertz CT molecular complexity index is 1040. The molecule has 0 unspecified atom stereocenters. The molecule has 0 aliphatic carbocycles. The second-order valence-electron chi connectivity index (χ2n) is 5.40. The van der Waals surface area contributed by atoms with Crippen LogP contribution in [0.25, 0.3) is 22.9 Å². The third-order valence-corrected chi connectivity index (χ3v) is 5.29. The van der Waals surface area contributed by atoms with Crippen LogP contribution in [0.3, 0.4) is 0 Å². The van der Waals surface area contributed by atoms with E-state index in [1.807, 2.05) is 35.7 Å². The number of halogens is 2. The molecule has 3 aromatic rings. The number of aromatic nitrogens is 1. The quantitative estimate of drug-likeness (QED) is 0.464. The van der Waals surface area contributed by atoms with Crippen molar-refractivity contribution < 1.29 is 9.47 Å². The molecule has 27 heavy (non-hydrogen) atoms. The van der Waals surface area contributed by atoms with Gasteiger partial charge in [-0.05, 0) is 12.1 Å². The van der Waals surface area contributed by atoms with Gasteiger partial charge in [-0.2, -0.15) is 5.26 Å². The van der Waals surface area contributed by atoms with Crippen LogP contribution < -0.4 is 9.47 Å². The Morgan fingerprint density at radius 1 is 1.15 bits per heavy atom. The summed E-state index contributed by atoms with van der Waals surface area (Å²) < 4.78 is 10.6. The number of thiazole rings is 1. The molecule has 4 nitrogen and oxygen atoms in total. The Kier molecular flexibility index (Phi) is 6.02. The highest BCUT2D eigenvalue weighted by Crippen LogP contribution is 2.43. The van der Waals surface area contributed by atoms with Crippen molar-refractivity contribution in [3.8, 4) is 28.8 Å². The molecule has 7 heteroatoms. The van der Waals surface area contributed by atoms with Gasteiger partial charge in [0.2, 0.25) is 0 Å². The van der Waals surface area contributed by atoms with Crippen LogP contribution in [0.4, 0.5) is 0 Å². The standard InChI is InChI=1S/C20H14Cl2N2O2S/c1-25-18-13(9-15(21)19(26-2)17(18)22)8-14(10-23)20-24-16(11-27-20)12-6-4-3-5-7-12/h3-9,11H,1-2H3/b14-8-. The first-order valence-corrected chi connectivity index (χ1v) is 9.45.